The lowest BCUT2D eigenvalue weighted by atomic mass is 9.84. The minimum absolute atomic E-state index is 0.00764. The first-order valence-corrected chi connectivity index (χ1v) is 11.9. The van der Waals surface area contributed by atoms with Crippen LogP contribution in [0.25, 0.3) is 0 Å². The molecule has 0 bridgehead atoms. The van der Waals surface area contributed by atoms with Crippen LogP contribution in [0.3, 0.4) is 0 Å². The summed E-state index contributed by atoms with van der Waals surface area (Å²) in [4.78, 5) is 12.2. The van der Waals surface area contributed by atoms with Crippen molar-refractivity contribution in [1.82, 2.24) is 0 Å². The van der Waals surface area contributed by atoms with E-state index < -0.39 is 0 Å². The molecule has 2 atom stereocenters. The number of hydrogen-bond donors (Lipinski definition) is 0. The monoisotopic (exact) mass is 382 g/mol. The zero-order chi connectivity index (χ0) is 20.5. The number of rotatable bonds is 17. The molecule has 0 radical (unpaired) electrons. The lowest BCUT2D eigenvalue weighted by Gasteiger charge is -2.23. The van der Waals surface area contributed by atoms with E-state index in [2.05, 4.69) is 41.5 Å². The van der Waals surface area contributed by atoms with Gasteiger partial charge in [0.2, 0.25) is 0 Å². The zero-order valence-electron chi connectivity index (χ0n) is 19.6. The molecule has 0 aliphatic heterocycles. The summed E-state index contributed by atoms with van der Waals surface area (Å²) in [6.07, 6.45) is 17.3. The molecule has 27 heavy (non-hydrogen) atoms. The summed E-state index contributed by atoms with van der Waals surface area (Å²) < 4.78 is 5.70. The maximum atomic E-state index is 12.2. The third kappa shape index (κ3) is 18.6. The second-order valence-electron chi connectivity index (χ2n) is 10.0. The molecule has 0 heterocycles. The fraction of sp³-hybridized carbons (Fsp3) is 0.960. The van der Waals surface area contributed by atoms with Gasteiger partial charge in [0.25, 0.3) is 0 Å². The second kappa shape index (κ2) is 16.4. The van der Waals surface area contributed by atoms with Crippen molar-refractivity contribution >= 4 is 5.97 Å². The molecular weight excluding hydrogens is 332 g/mol. The van der Waals surface area contributed by atoms with E-state index in [1.165, 1.54) is 77.0 Å². The summed E-state index contributed by atoms with van der Waals surface area (Å²) >= 11 is 0. The van der Waals surface area contributed by atoms with Crippen molar-refractivity contribution in [2.45, 2.75) is 131 Å². The van der Waals surface area contributed by atoms with E-state index in [1.54, 1.807) is 0 Å². The molecule has 0 saturated carbocycles. The molecule has 0 amide bonds. The van der Waals surface area contributed by atoms with Gasteiger partial charge in [0.1, 0.15) is 0 Å². The number of unbranched alkanes of at least 4 members (excludes halogenated alkanes) is 8. The Labute approximate surface area is 171 Å². The maximum Gasteiger partial charge on any atom is 0.306 e. The van der Waals surface area contributed by atoms with E-state index in [0.717, 1.165) is 6.42 Å². The number of esters is 1. The van der Waals surface area contributed by atoms with Crippen molar-refractivity contribution in [2.24, 2.45) is 17.3 Å². The minimum Gasteiger partial charge on any atom is -0.465 e. The van der Waals surface area contributed by atoms with Gasteiger partial charge in [-0.3, -0.25) is 4.79 Å². The summed E-state index contributed by atoms with van der Waals surface area (Å²) in [7, 11) is 0. The molecular formula is C25H50O2. The molecule has 0 spiro atoms. The van der Waals surface area contributed by atoms with Crippen LogP contribution >= 0.6 is 0 Å². The Morgan fingerprint density at radius 1 is 0.815 bits per heavy atom. The average Bonchev–Trinajstić information content (AvgIpc) is 2.56. The fourth-order valence-electron chi connectivity index (χ4n) is 4.06. The highest BCUT2D eigenvalue weighted by atomic mass is 16.5. The van der Waals surface area contributed by atoms with Crippen LogP contribution in [-0.2, 0) is 9.53 Å². The second-order valence-corrected chi connectivity index (χ2v) is 10.0. The Morgan fingerprint density at radius 3 is 1.81 bits per heavy atom. The third-order valence-corrected chi connectivity index (χ3v) is 5.39. The molecule has 0 rings (SSSR count). The van der Waals surface area contributed by atoms with Gasteiger partial charge in [-0.15, -0.1) is 0 Å². The van der Waals surface area contributed by atoms with E-state index in [4.69, 9.17) is 4.74 Å². The molecule has 0 aliphatic carbocycles. The van der Waals surface area contributed by atoms with Gasteiger partial charge in [0, 0.05) is 6.42 Å². The van der Waals surface area contributed by atoms with Crippen molar-refractivity contribution in [1.29, 1.82) is 0 Å². The topological polar surface area (TPSA) is 26.3 Å². The largest absolute Gasteiger partial charge is 0.465 e. The van der Waals surface area contributed by atoms with E-state index in [0.29, 0.717) is 24.9 Å². The number of carbonyl (C=O) groups is 1. The Balaban J connectivity index is 4.17. The maximum absolute atomic E-state index is 12.2. The molecule has 2 unspecified atom stereocenters. The SMILES string of the molecule is CCCCCCCCC(CCCCCC)COC(=O)CC(C)CC(C)(C)C. The summed E-state index contributed by atoms with van der Waals surface area (Å²) in [6, 6.07) is 0. The predicted octanol–water partition coefficient (Wildman–Crippen LogP) is 8.33. The molecule has 0 aromatic heterocycles. The lowest BCUT2D eigenvalue weighted by molar-refractivity contribution is -0.146. The van der Waals surface area contributed by atoms with Crippen molar-refractivity contribution in [3.8, 4) is 0 Å². The van der Waals surface area contributed by atoms with Gasteiger partial charge < -0.3 is 4.74 Å². The number of carbonyl (C=O) groups excluding carboxylic acids is 1. The van der Waals surface area contributed by atoms with E-state index >= 15 is 0 Å². The highest BCUT2D eigenvalue weighted by Gasteiger charge is 2.19. The molecule has 0 aromatic rings. The van der Waals surface area contributed by atoms with Crippen LogP contribution in [0.15, 0.2) is 0 Å². The minimum atomic E-state index is 0.00764. The normalized spacial score (nSPS) is 14.1. The predicted molar refractivity (Wildman–Crippen MR) is 119 cm³/mol. The molecule has 2 heteroatoms. The van der Waals surface area contributed by atoms with Crippen LogP contribution in [0.5, 0.6) is 0 Å². The molecule has 0 aliphatic rings. The number of ether oxygens (including phenoxy) is 1. The van der Waals surface area contributed by atoms with Crippen LogP contribution < -0.4 is 0 Å². The molecule has 2 nitrogen and oxygen atoms in total. The lowest BCUT2D eigenvalue weighted by Crippen LogP contribution is -2.19. The fourth-order valence-corrected chi connectivity index (χ4v) is 4.06. The standard InChI is InChI=1S/C25H50O2/c1-7-9-11-13-14-16-18-23(17-15-12-10-8-2)21-27-24(26)19-22(3)20-25(4,5)6/h22-23H,7-21H2,1-6H3. The smallest absolute Gasteiger partial charge is 0.306 e. The van der Waals surface area contributed by atoms with Gasteiger partial charge in [-0.05, 0) is 36.5 Å². The van der Waals surface area contributed by atoms with Gasteiger partial charge in [-0.2, -0.15) is 0 Å². The van der Waals surface area contributed by atoms with Crippen LogP contribution in [0.1, 0.15) is 131 Å². The van der Waals surface area contributed by atoms with Gasteiger partial charge in [0.15, 0.2) is 0 Å². The molecule has 162 valence electrons. The summed E-state index contributed by atoms with van der Waals surface area (Å²) in [6.45, 7) is 14.1. The Morgan fingerprint density at radius 2 is 1.30 bits per heavy atom. The first-order chi connectivity index (χ1) is 12.8. The quantitative estimate of drug-likeness (QED) is 0.187. The van der Waals surface area contributed by atoms with Gasteiger partial charge in [0.05, 0.1) is 6.61 Å². The molecule has 0 fully saturated rings. The highest BCUT2D eigenvalue weighted by Crippen LogP contribution is 2.26. The summed E-state index contributed by atoms with van der Waals surface area (Å²) in [5, 5.41) is 0. The van der Waals surface area contributed by atoms with Gasteiger partial charge in [-0.25, -0.2) is 0 Å². The first kappa shape index (κ1) is 26.5. The van der Waals surface area contributed by atoms with Crippen molar-refractivity contribution < 1.29 is 9.53 Å². The van der Waals surface area contributed by atoms with Crippen molar-refractivity contribution in [2.75, 3.05) is 6.61 Å². The van der Waals surface area contributed by atoms with E-state index in [1.807, 2.05) is 0 Å². The van der Waals surface area contributed by atoms with Gasteiger partial charge >= 0.3 is 5.97 Å². The van der Waals surface area contributed by atoms with Gasteiger partial charge in [-0.1, -0.05) is 106 Å². The van der Waals surface area contributed by atoms with E-state index in [9.17, 15) is 4.79 Å². The van der Waals surface area contributed by atoms with Crippen molar-refractivity contribution in [3.05, 3.63) is 0 Å². The zero-order valence-corrected chi connectivity index (χ0v) is 19.6. The molecule has 0 N–H and O–H groups in total. The van der Waals surface area contributed by atoms with Crippen molar-refractivity contribution in [3.63, 3.8) is 0 Å². The highest BCUT2D eigenvalue weighted by molar-refractivity contribution is 5.69. The van der Waals surface area contributed by atoms with Crippen LogP contribution in [0, 0.1) is 17.3 Å². The molecule has 0 aromatic carbocycles. The Hall–Kier alpha value is -0.530. The number of hydrogen-bond acceptors (Lipinski definition) is 2. The first-order valence-electron chi connectivity index (χ1n) is 11.9. The summed E-state index contributed by atoms with van der Waals surface area (Å²) in [5.41, 5.74) is 0.277. The Bertz CT molecular complexity index is 343. The van der Waals surface area contributed by atoms with Crippen LogP contribution in [0.4, 0.5) is 0 Å². The summed E-state index contributed by atoms with van der Waals surface area (Å²) in [5.74, 6) is 0.974. The third-order valence-electron chi connectivity index (χ3n) is 5.39. The molecule has 0 saturated heterocycles. The average molecular weight is 383 g/mol. The van der Waals surface area contributed by atoms with Crippen LogP contribution in [0.2, 0.25) is 0 Å². The Kier molecular flexibility index (Phi) is 16.1. The van der Waals surface area contributed by atoms with Crippen LogP contribution in [-0.4, -0.2) is 12.6 Å². The van der Waals surface area contributed by atoms with E-state index in [-0.39, 0.29) is 11.4 Å².